The number of H-pyrrole nitrogens is 1. The van der Waals surface area contributed by atoms with Crippen LogP contribution < -0.4 is 10.9 Å². The van der Waals surface area contributed by atoms with Gasteiger partial charge in [0.05, 0.1) is 13.2 Å². The highest BCUT2D eigenvalue weighted by molar-refractivity contribution is 5.83. The number of carbonyl (C=O) groups excluding carboxylic acids is 1. The number of aromatic nitrogens is 3. The second-order valence-corrected chi connectivity index (χ2v) is 6.21. The van der Waals surface area contributed by atoms with Crippen molar-refractivity contribution in [2.75, 3.05) is 32.8 Å². The molecule has 1 aliphatic rings. The summed E-state index contributed by atoms with van der Waals surface area (Å²) in [5.74, 6) is 0.481. The molecular formula is C18H23N5O3. The number of aromatic amines is 1. The van der Waals surface area contributed by atoms with Crippen LogP contribution in [-0.2, 0) is 16.0 Å². The Balaban J connectivity index is 1.66. The maximum atomic E-state index is 12.9. The summed E-state index contributed by atoms with van der Waals surface area (Å²) in [6.45, 7) is 4.77. The van der Waals surface area contributed by atoms with Gasteiger partial charge in [0.25, 0.3) is 5.56 Å². The van der Waals surface area contributed by atoms with Gasteiger partial charge in [0.2, 0.25) is 5.91 Å². The van der Waals surface area contributed by atoms with Crippen LogP contribution in [0, 0.1) is 6.92 Å². The van der Waals surface area contributed by atoms with Crippen molar-refractivity contribution in [1.29, 1.82) is 0 Å². The average molecular weight is 357 g/mol. The number of hydrogen-bond acceptors (Lipinski definition) is 6. The smallest absolute Gasteiger partial charge is 0.251 e. The van der Waals surface area contributed by atoms with E-state index in [0.717, 1.165) is 5.56 Å². The molecule has 0 unspecified atom stereocenters. The number of ether oxygens (including phenoxy) is 1. The highest BCUT2D eigenvalue weighted by atomic mass is 16.5. The molecule has 0 aliphatic carbocycles. The van der Waals surface area contributed by atoms with E-state index in [1.807, 2.05) is 12.1 Å². The Labute approximate surface area is 151 Å². The minimum absolute atomic E-state index is 0.0881. The third kappa shape index (κ3) is 4.74. The molecule has 2 aromatic heterocycles. The van der Waals surface area contributed by atoms with E-state index in [4.69, 9.17) is 4.74 Å². The lowest BCUT2D eigenvalue weighted by Crippen LogP contribution is -2.46. The lowest BCUT2D eigenvalue weighted by molar-refractivity contribution is -0.128. The van der Waals surface area contributed by atoms with Gasteiger partial charge in [-0.1, -0.05) is 6.07 Å². The summed E-state index contributed by atoms with van der Waals surface area (Å²) < 4.78 is 5.40. The molecule has 0 bridgehead atoms. The second kappa shape index (κ2) is 8.68. The van der Waals surface area contributed by atoms with Crippen LogP contribution >= 0.6 is 0 Å². The first-order valence-corrected chi connectivity index (χ1v) is 8.70. The zero-order valence-corrected chi connectivity index (χ0v) is 14.8. The summed E-state index contributed by atoms with van der Waals surface area (Å²) in [5.41, 5.74) is 1.34. The number of hydrogen-bond donors (Lipinski definition) is 2. The SMILES string of the molecule is Cc1cc(=O)[nH]c(CCNC(=O)[C@H](c2cccnc2)N2CCOCC2)n1. The van der Waals surface area contributed by atoms with Gasteiger partial charge in [-0.25, -0.2) is 4.98 Å². The van der Waals surface area contributed by atoms with Gasteiger partial charge < -0.3 is 15.0 Å². The third-order valence-corrected chi connectivity index (χ3v) is 4.24. The fourth-order valence-corrected chi connectivity index (χ4v) is 3.06. The van der Waals surface area contributed by atoms with Crippen LogP contribution in [0.5, 0.6) is 0 Å². The Hall–Kier alpha value is -2.58. The van der Waals surface area contributed by atoms with Gasteiger partial charge in [0.1, 0.15) is 11.9 Å². The first-order chi connectivity index (χ1) is 12.6. The van der Waals surface area contributed by atoms with Crippen LogP contribution in [0.25, 0.3) is 0 Å². The number of nitrogens with zero attached hydrogens (tertiary/aromatic N) is 3. The summed E-state index contributed by atoms with van der Waals surface area (Å²) in [5, 5.41) is 2.95. The van der Waals surface area contributed by atoms with Crippen molar-refractivity contribution in [1.82, 2.24) is 25.2 Å². The number of carbonyl (C=O) groups is 1. The number of nitrogens with one attached hydrogen (secondary N) is 2. The minimum atomic E-state index is -0.405. The molecule has 26 heavy (non-hydrogen) atoms. The van der Waals surface area contributed by atoms with Crippen LogP contribution in [0.4, 0.5) is 0 Å². The van der Waals surface area contributed by atoms with Gasteiger partial charge in [-0.3, -0.25) is 19.5 Å². The predicted molar refractivity (Wildman–Crippen MR) is 95.7 cm³/mol. The molecule has 2 N–H and O–H groups in total. The summed E-state index contributed by atoms with van der Waals surface area (Å²) in [6, 6.07) is 4.78. The Morgan fingerprint density at radius 2 is 2.23 bits per heavy atom. The van der Waals surface area contributed by atoms with Crippen LogP contribution in [0.15, 0.2) is 35.4 Å². The van der Waals surface area contributed by atoms with Gasteiger partial charge >= 0.3 is 0 Å². The topological polar surface area (TPSA) is 100 Å². The van der Waals surface area contributed by atoms with E-state index >= 15 is 0 Å². The van der Waals surface area contributed by atoms with E-state index in [9.17, 15) is 9.59 Å². The van der Waals surface area contributed by atoms with E-state index in [1.54, 1.807) is 19.3 Å². The van der Waals surface area contributed by atoms with Crippen LogP contribution in [0.1, 0.15) is 23.1 Å². The molecule has 138 valence electrons. The summed E-state index contributed by atoms with van der Waals surface area (Å²) in [7, 11) is 0. The van der Waals surface area contributed by atoms with Crippen molar-refractivity contribution in [3.8, 4) is 0 Å². The normalized spacial score (nSPS) is 16.2. The summed E-state index contributed by atoms with van der Waals surface area (Å²) >= 11 is 0. The molecule has 1 amide bonds. The van der Waals surface area contributed by atoms with Gasteiger partial charge in [0.15, 0.2) is 0 Å². The molecule has 1 saturated heterocycles. The van der Waals surface area contributed by atoms with E-state index < -0.39 is 6.04 Å². The maximum absolute atomic E-state index is 12.9. The van der Waals surface area contributed by atoms with Crippen molar-refractivity contribution >= 4 is 5.91 Å². The summed E-state index contributed by atoms with van der Waals surface area (Å²) in [4.78, 5) is 37.6. The molecule has 2 aromatic rings. The van der Waals surface area contributed by atoms with Crippen molar-refractivity contribution in [3.63, 3.8) is 0 Å². The number of pyridine rings is 1. The Morgan fingerprint density at radius 3 is 2.92 bits per heavy atom. The van der Waals surface area contributed by atoms with Gasteiger partial charge in [0, 0.05) is 50.2 Å². The van der Waals surface area contributed by atoms with Crippen molar-refractivity contribution in [2.24, 2.45) is 0 Å². The molecule has 3 heterocycles. The molecule has 0 spiro atoms. The van der Waals surface area contributed by atoms with Gasteiger partial charge in [-0.15, -0.1) is 0 Å². The monoisotopic (exact) mass is 357 g/mol. The molecule has 1 fully saturated rings. The van der Waals surface area contributed by atoms with Crippen molar-refractivity contribution < 1.29 is 9.53 Å². The quantitative estimate of drug-likeness (QED) is 0.766. The highest BCUT2D eigenvalue weighted by Gasteiger charge is 2.29. The van der Waals surface area contributed by atoms with E-state index in [0.29, 0.717) is 50.8 Å². The van der Waals surface area contributed by atoms with Crippen LogP contribution in [-0.4, -0.2) is 58.6 Å². The zero-order valence-electron chi connectivity index (χ0n) is 14.8. The highest BCUT2D eigenvalue weighted by Crippen LogP contribution is 2.21. The van der Waals surface area contributed by atoms with Crippen LogP contribution in [0.2, 0.25) is 0 Å². The standard InChI is InChI=1S/C18H23N5O3/c1-13-11-16(24)22-15(21-13)4-6-20-18(25)17(14-3-2-5-19-12-14)23-7-9-26-10-8-23/h2-3,5,11-12,17H,4,6-10H2,1H3,(H,20,25)(H,21,22,24)/t17-/m0/s1. The third-order valence-electron chi connectivity index (χ3n) is 4.24. The minimum Gasteiger partial charge on any atom is -0.379 e. The molecule has 8 nitrogen and oxygen atoms in total. The average Bonchev–Trinajstić information content (AvgIpc) is 2.63. The largest absolute Gasteiger partial charge is 0.379 e. The van der Waals surface area contributed by atoms with E-state index in [1.165, 1.54) is 6.07 Å². The Bertz CT molecular complexity index is 787. The molecule has 8 heteroatoms. The van der Waals surface area contributed by atoms with Crippen LogP contribution in [0.3, 0.4) is 0 Å². The molecular weight excluding hydrogens is 334 g/mol. The number of rotatable bonds is 6. The van der Waals surface area contributed by atoms with Crippen molar-refractivity contribution in [3.05, 3.63) is 58.0 Å². The van der Waals surface area contributed by atoms with E-state index in [-0.39, 0.29) is 11.5 Å². The fourth-order valence-electron chi connectivity index (χ4n) is 3.06. The number of aryl methyl sites for hydroxylation is 1. The number of amides is 1. The van der Waals surface area contributed by atoms with Gasteiger partial charge in [-0.2, -0.15) is 0 Å². The molecule has 0 radical (unpaired) electrons. The van der Waals surface area contributed by atoms with E-state index in [2.05, 4.69) is 25.2 Å². The summed E-state index contributed by atoms with van der Waals surface area (Å²) in [6.07, 6.45) is 3.88. The molecule has 1 aliphatic heterocycles. The molecule has 1 atom stereocenters. The lowest BCUT2D eigenvalue weighted by Gasteiger charge is -2.33. The fraction of sp³-hybridized carbons (Fsp3) is 0.444. The Morgan fingerprint density at radius 1 is 1.42 bits per heavy atom. The molecule has 0 aromatic carbocycles. The first kappa shape index (κ1) is 18.2. The predicted octanol–water partition coefficient (Wildman–Crippen LogP) is 0.206. The lowest BCUT2D eigenvalue weighted by atomic mass is 10.1. The first-order valence-electron chi connectivity index (χ1n) is 8.70. The second-order valence-electron chi connectivity index (χ2n) is 6.21. The molecule has 3 rings (SSSR count). The van der Waals surface area contributed by atoms with Gasteiger partial charge in [-0.05, 0) is 18.6 Å². The van der Waals surface area contributed by atoms with Crippen molar-refractivity contribution in [2.45, 2.75) is 19.4 Å². The number of morpholine rings is 1. The molecule has 0 saturated carbocycles. The Kier molecular flexibility index (Phi) is 6.08. The zero-order chi connectivity index (χ0) is 18.4. The maximum Gasteiger partial charge on any atom is 0.251 e.